The molecule has 0 N–H and O–H groups in total. The number of amides is 1. The summed E-state index contributed by atoms with van der Waals surface area (Å²) in [4.78, 5) is 21.6. The second kappa shape index (κ2) is 10.5. The van der Waals surface area contributed by atoms with Crippen LogP contribution < -0.4 is 9.64 Å². The van der Waals surface area contributed by atoms with Crippen LogP contribution in [0.15, 0.2) is 29.6 Å². The number of anilines is 1. The first-order valence-electron chi connectivity index (χ1n) is 12.7. The number of hydrogen-bond acceptors (Lipinski definition) is 5. The molecule has 2 aromatic rings. The van der Waals surface area contributed by atoms with Crippen LogP contribution in [0.1, 0.15) is 89.6 Å². The van der Waals surface area contributed by atoms with Gasteiger partial charge in [0.05, 0.1) is 5.69 Å². The molecule has 2 heterocycles. The molecule has 0 saturated heterocycles. The lowest BCUT2D eigenvalue weighted by Crippen LogP contribution is -2.47. The lowest BCUT2D eigenvalue weighted by molar-refractivity contribution is -0.124. The maximum absolute atomic E-state index is 13.9. The van der Waals surface area contributed by atoms with Crippen molar-refractivity contribution in [2.75, 3.05) is 4.90 Å². The first-order valence-corrected chi connectivity index (χ1v) is 13.6. The summed E-state index contributed by atoms with van der Waals surface area (Å²) in [6.07, 6.45) is 7.97. The topological polar surface area (TPSA) is 66.2 Å². The van der Waals surface area contributed by atoms with Gasteiger partial charge < -0.3 is 9.64 Å². The van der Waals surface area contributed by atoms with Gasteiger partial charge in [-0.2, -0.15) is 5.26 Å². The lowest BCUT2D eigenvalue weighted by Gasteiger charge is -2.39. The summed E-state index contributed by atoms with van der Waals surface area (Å²) in [6, 6.07) is 9.82. The SMILES string of the molecule is CC1CCC(C(=O)N(c2csc(C(C)(C)C)c2)C2CCC(Oc3cccc(C#N)n3)CC2)CC1. The zero-order valence-electron chi connectivity index (χ0n) is 20.9. The molecular weight excluding hydrogens is 442 g/mol. The minimum Gasteiger partial charge on any atom is -0.474 e. The molecule has 5 nitrogen and oxygen atoms in total. The number of nitrogens with zero attached hydrogens (tertiary/aromatic N) is 3. The molecule has 182 valence electrons. The molecule has 2 saturated carbocycles. The van der Waals surface area contributed by atoms with Crippen LogP contribution in [0.5, 0.6) is 5.88 Å². The normalized spacial score (nSPS) is 25.4. The molecular formula is C28H37N3O2S. The maximum Gasteiger partial charge on any atom is 0.230 e. The summed E-state index contributed by atoms with van der Waals surface area (Å²) < 4.78 is 6.11. The van der Waals surface area contributed by atoms with E-state index >= 15 is 0 Å². The van der Waals surface area contributed by atoms with Gasteiger partial charge in [0.25, 0.3) is 0 Å². The van der Waals surface area contributed by atoms with Gasteiger partial charge in [-0.25, -0.2) is 4.98 Å². The highest BCUT2D eigenvalue weighted by molar-refractivity contribution is 7.10. The molecule has 0 spiro atoms. The van der Waals surface area contributed by atoms with Crippen molar-refractivity contribution in [3.05, 3.63) is 40.2 Å². The molecule has 6 heteroatoms. The maximum atomic E-state index is 13.9. The predicted octanol–water partition coefficient (Wildman–Crippen LogP) is 6.86. The van der Waals surface area contributed by atoms with Gasteiger partial charge >= 0.3 is 0 Å². The number of carbonyl (C=O) groups is 1. The molecule has 4 rings (SSSR count). The third-order valence-corrected chi connectivity index (χ3v) is 8.68. The van der Waals surface area contributed by atoms with Crippen LogP contribution >= 0.6 is 11.3 Å². The van der Waals surface area contributed by atoms with Gasteiger partial charge in [0.2, 0.25) is 11.8 Å². The Bertz CT molecular complexity index is 1020. The lowest BCUT2D eigenvalue weighted by atomic mass is 9.81. The Kier molecular flexibility index (Phi) is 7.62. The number of hydrogen-bond donors (Lipinski definition) is 0. The van der Waals surface area contributed by atoms with E-state index in [0.717, 1.165) is 63.0 Å². The van der Waals surface area contributed by atoms with E-state index < -0.39 is 0 Å². The highest BCUT2D eigenvalue weighted by Crippen LogP contribution is 2.39. The molecule has 34 heavy (non-hydrogen) atoms. The number of thiophene rings is 1. The van der Waals surface area contributed by atoms with Gasteiger partial charge in [-0.05, 0) is 74.8 Å². The largest absolute Gasteiger partial charge is 0.474 e. The molecule has 0 atom stereocenters. The number of pyridine rings is 1. The minimum absolute atomic E-state index is 0.0674. The van der Waals surface area contributed by atoms with E-state index in [4.69, 9.17) is 10.00 Å². The third kappa shape index (κ3) is 5.81. The first-order chi connectivity index (χ1) is 16.2. The highest BCUT2D eigenvalue weighted by Gasteiger charge is 2.36. The fourth-order valence-electron chi connectivity index (χ4n) is 5.20. The Morgan fingerprint density at radius 3 is 2.44 bits per heavy atom. The van der Waals surface area contributed by atoms with Gasteiger partial charge in [-0.1, -0.05) is 33.8 Å². The van der Waals surface area contributed by atoms with E-state index in [2.05, 4.69) is 55.1 Å². The molecule has 2 aliphatic carbocycles. The number of aromatic nitrogens is 1. The van der Waals surface area contributed by atoms with Crippen molar-refractivity contribution in [1.29, 1.82) is 5.26 Å². The second-order valence-corrected chi connectivity index (χ2v) is 12.0. The minimum atomic E-state index is 0.0674. The van der Waals surface area contributed by atoms with Gasteiger partial charge in [0.1, 0.15) is 17.9 Å². The third-order valence-electron chi connectivity index (χ3n) is 7.34. The van der Waals surface area contributed by atoms with Crippen molar-refractivity contribution in [2.45, 2.75) is 96.6 Å². The molecule has 2 aromatic heterocycles. The molecule has 0 aromatic carbocycles. The van der Waals surface area contributed by atoms with E-state index in [-0.39, 0.29) is 23.5 Å². The summed E-state index contributed by atoms with van der Waals surface area (Å²) in [5, 5.41) is 11.3. The van der Waals surface area contributed by atoms with Crippen LogP contribution in [0.4, 0.5) is 5.69 Å². The molecule has 2 aliphatic rings. The van der Waals surface area contributed by atoms with Crippen molar-refractivity contribution in [2.24, 2.45) is 11.8 Å². The molecule has 0 radical (unpaired) electrons. The van der Waals surface area contributed by atoms with Crippen molar-refractivity contribution >= 4 is 22.9 Å². The van der Waals surface area contributed by atoms with E-state index in [1.54, 1.807) is 23.5 Å². The number of nitriles is 1. The Hall–Kier alpha value is -2.39. The van der Waals surface area contributed by atoms with E-state index in [1.165, 1.54) is 4.88 Å². The average molecular weight is 480 g/mol. The van der Waals surface area contributed by atoms with Gasteiger partial charge in [0, 0.05) is 28.3 Å². The van der Waals surface area contributed by atoms with Crippen LogP contribution in [-0.4, -0.2) is 23.0 Å². The average Bonchev–Trinajstić information content (AvgIpc) is 3.31. The van der Waals surface area contributed by atoms with Crippen LogP contribution in [0.3, 0.4) is 0 Å². The monoisotopic (exact) mass is 479 g/mol. The van der Waals surface area contributed by atoms with Crippen LogP contribution in [0, 0.1) is 23.2 Å². The Balaban J connectivity index is 1.48. The fraction of sp³-hybridized carbons (Fsp3) is 0.607. The summed E-state index contributed by atoms with van der Waals surface area (Å²) in [5.74, 6) is 1.70. The van der Waals surface area contributed by atoms with E-state index in [9.17, 15) is 4.79 Å². The Labute approximate surface area is 208 Å². The van der Waals surface area contributed by atoms with Crippen molar-refractivity contribution < 1.29 is 9.53 Å². The standard InChI is InChI=1S/C28H37N3O2S/c1-19-8-10-20(11-9-19)27(32)31(23-16-25(34-18-23)28(2,3)4)22-12-14-24(15-13-22)33-26-7-5-6-21(17-29)30-26/h5-7,16,18-20,22,24H,8-15H2,1-4H3. The van der Waals surface area contributed by atoms with Gasteiger partial charge in [0.15, 0.2) is 0 Å². The summed E-state index contributed by atoms with van der Waals surface area (Å²) in [7, 11) is 0. The summed E-state index contributed by atoms with van der Waals surface area (Å²) in [6.45, 7) is 8.99. The van der Waals surface area contributed by atoms with Crippen molar-refractivity contribution in [3.63, 3.8) is 0 Å². The quantitative estimate of drug-likeness (QED) is 0.470. The number of carbonyl (C=O) groups excluding carboxylic acids is 1. The van der Waals surface area contributed by atoms with Crippen LogP contribution in [-0.2, 0) is 10.2 Å². The van der Waals surface area contributed by atoms with Gasteiger partial charge in [-0.15, -0.1) is 11.3 Å². The summed E-state index contributed by atoms with van der Waals surface area (Å²) >= 11 is 1.77. The Morgan fingerprint density at radius 1 is 1.12 bits per heavy atom. The van der Waals surface area contributed by atoms with E-state index in [1.807, 2.05) is 6.07 Å². The van der Waals surface area contributed by atoms with E-state index in [0.29, 0.717) is 17.5 Å². The van der Waals surface area contributed by atoms with Gasteiger partial charge in [-0.3, -0.25) is 4.79 Å². The smallest absolute Gasteiger partial charge is 0.230 e. The first kappa shape index (κ1) is 24.7. The van der Waals surface area contributed by atoms with Crippen LogP contribution in [0.25, 0.3) is 0 Å². The fourth-order valence-corrected chi connectivity index (χ4v) is 6.17. The zero-order chi connectivity index (χ0) is 24.3. The zero-order valence-corrected chi connectivity index (χ0v) is 21.7. The highest BCUT2D eigenvalue weighted by atomic mass is 32.1. The Morgan fingerprint density at radius 2 is 1.82 bits per heavy atom. The summed E-state index contributed by atoms with van der Waals surface area (Å²) in [5.41, 5.74) is 1.53. The molecule has 0 bridgehead atoms. The predicted molar refractivity (Wildman–Crippen MR) is 137 cm³/mol. The van der Waals surface area contributed by atoms with Crippen molar-refractivity contribution in [1.82, 2.24) is 4.98 Å². The number of ether oxygens (including phenoxy) is 1. The number of rotatable bonds is 5. The molecule has 2 fully saturated rings. The molecule has 0 unspecified atom stereocenters. The van der Waals surface area contributed by atoms with Crippen LogP contribution in [0.2, 0.25) is 0 Å². The second-order valence-electron chi connectivity index (χ2n) is 11.1. The van der Waals surface area contributed by atoms with Crippen molar-refractivity contribution in [3.8, 4) is 11.9 Å². The molecule has 0 aliphatic heterocycles. The molecule has 1 amide bonds.